The number of Topliss-reactive ketones (excluding diaryl/α,β-unsaturated/α-hetero) is 1. The van der Waals surface area contributed by atoms with Crippen molar-refractivity contribution in [1.82, 2.24) is 4.98 Å². The maximum absolute atomic E-state index is 11.3. The summed E-state index contributed by atoms with van der Waals surface area (Å²) in [5.41, 5.74) is 6.49. The van der Waals surface area contributed by atoms with Gasteiger partial charge >= 0.3 is 0 Å². The average Bonchev–Trinajstić information content (AvgIpc) is 2.33. The molecule has 1 atom stereocenters. The Morgan fingerprint density at radius 1 is 1.77 bits per heavy atom. The number of rotatable bonds is 4. The third-order valence-electron chi connectivity index (χ3n) is 1.56. The van der Waals surface area contributed by atoms with Crippen molar-refractivity contribution in [3.63, 3.8) is 0 Å². The van der Waals surface area contributed by atoms with Gasteiger partial charge in [0.15, 0.2) is 0 Å². The number of hydrogen-bond donors (Lipinski definition) is 1. The quantitative estimate of drug-likeness (QED) is 0.793. The monoisotopic (exact) mass is 198 g/mol. The van der Waals surface area contributed by atoms with Crippen molar-refractivity contribution in [1.29, 1.82) is 0 Å². The Hall–Kier alpha value is -0.740. The van der Waals surface area contributed by atoms with Gasteiger partial charge in [0.2, 0.25) is 0 Å². The number of ketones is 1. The van der Waals surface area contributed by atoms with Crippen LogP contribution in [0.15, 0.2) is 5.38 Å². The topological polar surface area (TPSA) is 56.0 Å². The Morgan fingerprint density at radius 3 is 2.92 bits per heavy atom. The van der Waals surface area contributed by atoms with Crippen LogP contribution in [0.2, 0.25) is 0 Å². The summed E-state index contributed by atoms with van der Waals surface area (Å²) in [6.07, 6.45) is 0.874. The van der Waals surface area contributed by atoms with Crippen LogP contribution in [-0.4, -0.2) is 16.8 Å². The number of hydrogen-bond acceptors (Lipinski definition) is 4. The number of nitrogens with two attached hydrogens (primary N) is 1. The van der Waals surface area contributed by atoms with E-state index in [0.29, 0.717) is 12.8 Å². The highest BCUT2D eigenvalue weighted by Gasteiger charge is 2.08. The van der Waals surface area contributed by atoms with Gasteiger partial charge in [-0.2, -0.15) is 0 Å². The first-order valence-electron chi connectivity index (χ1n) is 4.26. The molecule has 1 aromatic rings. The predicted octanol–water partition coefficient (Wildman–Crippen LogP) is 1.30. The molecular weight excluding hydrogens is 184 g/mol. The molecular formula is C9H14N2OS. The van der Waals surface area contributed by atoms with E-state index in [4.69, 9.17) is 5.73 Å². The van der Waals surface area contributed by atoms with Gasteiger partial charge in [-0.3, -0.25) is 4.79 Å². The summed E-state index contributed by atoms with van der Waals surface area (Å²) >= 11 is 1.53. The van der Waals surface area contributed by atoms with E-state index in [9.17, 15) is 4.79 Å². The molecule has 0 saturated heterocycles. The highest BCUT2D eigenvalue weighted by molar-refractivity contribution is 7.09. The lowest BCUT2D eigenvalue weighted by atomic mass is 10.1. The Bertz CT molecular complexity index is 294. The molecule has 1 aromatic heterocycles. The van der Waals surface area contributed by atoms with E-state index in [1.54, 1.807) is 0 Å². The minimum Gasteiger partial charge on any atom is -0.328 e. The molecule has 0 amide bonds. The fourth-order valence-corrected chi connectivity index (χ4v) is 1.88. The van der Waals surface area contributed by atoms with Gasteiger partial charge in [-0.25, -0.2) is 4.98 Å². The molecule has 0 aliphatic heterocycles. The first-order valence-corrected chi connectivity index (χ1v) is 5.14. The highest BCUT2D eigenvalue weighted by atomic mass is 32.1. The zero-order chi connectivity index (χ0) is 9.84. The van der Waals surface area contributed by atoms with E-state index in [1.165, 1.54) is 11.3 Å². The minimum atomic E-state index is -0.0476. The average molecular weight is 198 g/mol. The van der Waals surface area contributed by atoms with E-state index in [1.807, 2.05) is 19.2 Å². The molecule has 2 N–H and O–H groups in total. The van der Waals surface area contributed by atoms with Crippen LogP contribution in [0.25, 0.3) is 0 Å². The van der Waals surface area contributed by atoms with E-state index in [0.717, 1.165) is 10.7 Å². The maximum Gasteiger partial charge on any atom is 0.141 e. The molecule has 1 rings (SSSR count). The molecule has 3 nitrogen and oxygen atoms in total. The number of aromatic nitrogens is 1. The summed E-state index contributed by atoms with van der Waals surface area (Å²) in [4.78, 5) is 15.5. The first-order chi connectivity index (χ1) is 6.08. The molecule has 0 aromatic carbocycles. The van der Waals surface area contributed by atoms with E-state index in [-0.39, 0.29) is 11.8 Å². The molecule has 13 heavy (non-hydrogen) atoms. The summed E-state index contributed by atoms with van der Waals surface area (Å²) in [6.45, 7) is 3.76. The van der Waals surface area contributed by atoms with Gasteiger partial charge in [0.1, 0.15) is 10.8 Å². The molecule has 0 saturated carbocycles. The minimum absolute atomic E-state index is 0.0476. The lowest BCUT2D eigenvalue weighted by Gasteiger charge is -2.01. The smallest absolute Gasteiger partial charge is 0.141 e. The second-order valence-corrected chi connectivity index (χ2v) is 4.22. The molecule has 1 heterocycles. The van der Waals surface area contributed by atoms with Crippen LogP contribution < -0.4 is 5.73 Å². The molecule has 0 aliphatic rings. The first kappa shape index (κ1) is 10.3. The van der Waals surface area contributed by atoms with Crippen LogP contribution in [0.4, 0.5) is 0 Å². The van der Waals surface area contributed by atoms with Crippen molar-refractivity contribution < 1.29 is 4.79 Å². The van der Waals surface area contributed by atoms with Crippen molar-refractivity contribution in [2.45, 2.75) is 32.7 Å². The van der Waals surface area contributed by atoms with Crippen LogP contribution in [0.3, 0.4) is 0 Å². The molecule has 0 spiro atoms. The van der Waals surface area contributed by atoms with Gasteiger partial charge in [0.25, 0.3) is 0 Å². The molecule has 72 valence electrons. The SMILES string of the molecule is Cc1csc(CC(=O)CC(C)N)n1. The van der Waals surface area contributed by atoms with Crippen molar-refractivity contribution in [3.05, 3.63) is 16.1 Å². The van der Waals surface area contributed by atoms with Gasteiger partial charge in [-0.15, -0.1) is 11.3 Å². The van der Waals surface area contributed by atoms with Crippen molar-refractivity contribution in [3.8, 4) is 0 Å². The van der Waals surface area contributed by atoms with E-state index in [2.05, 4.69) is 4.98 Å². The number of carbonyl (C=O) groups is 1. The van der Waals surface area contributed by atoms with Crippen LogP contribution in [0.5, 0.6) is 0 Å². The molecule has 0 aliphatic carbocycles. The Morgan fingerprint density at radius 2 is 2.46 bits per heavy atom. The van der Waals surface area contributed by atoms with Gasteiger partial charge in [0.05, 0.1) is 6.42 Å². The Balaban J connectivity index is 2.45. The van der Waals surface area contributed by atoms with Crippen molar-refractivity contribution >= 4 is 17.1 Å². The molecule has 0 bridgehead atoms. The zero-order valence-corrected chi connectivity index (χ0v) is 8.73. The molecule has 4 heteroatoms. The summed E-state index contributed by atoms with van der Waals surface area (Å²) in [7, 11) is 0. The largest absolute Gasteiger partial charge is 0.328 e. The number of carbonyl (C=O) groups excluding carboxylic acids is 1. The van der Waals surface area contributed by atoms with E-state index < -0.39 is 0 Å². The predicted molar refractivity (Wildman–Crippen MR) is 53.8 cm³/mol. The maximum atomic E-state index is 11.3. The van der Waals surface area contributed by atoms with Crippen LogP contribution in [0.1, 0.15) is 24.0 Å². The second kappa shape index (κ2) is 4.48. The summed E-state index contributed by atoms with van der Waals surface area (Å²) < 4.78 is 0. The third-order valence-corrected chi connectivity index (χ3v) is 2.53. The normalized spacial score (nSPS) is 12.8. The van der Waals surface area contributed by atoms with Gasteiger partial charge in [-0.05, 0) is 13.8 Å². The number of nitrogens with zero attached hydrogens (tertiary/aromatic N) is 1. The van der Waals surface area contributed by atoms with Gasteiger partial charge < -0.3 is 5.73 Å². The van der Waals surface area contributed by atoms with Gasteiger partial charge in [0, 0.05) is 23.5 Å². The standard InChI is InChI=1S/C9H14N2OS/c1-6(10)3-8(12)4-9-11-7(2)5-13-9/h5-6H,3-4,10H2,1-2H3. The second-order valence-electron chi connectivity index (χ2n) is 3.28. The molecule has 0 radical (unpaired) electrons. The zero-order valence-electron chi connectivity index (χ0n) is 7.91. The van der Waals surface area contributed by atoms with Crippen molar-refractivity contribution in [2.24, 2.45) is 5.73 Å². The fourth-order valence-electron chi connectivity index (χ4n) is 1.08. The Labute approximate surface area is 82.0 Å². The lowest BCUT2D eigenvalue weighted by molar-refractivity contribution is -0.118. The summed E-state index contributed by atoms with van der Waals surface area (Å²) in [6, 6.07) is -0.0476. The third kappa shape index (κ3) is 3.65. The number of aryl methyl sites for hydroxylation is 1. The van der Waals surface area contributed by atoms with E-state index >= 15 is 0 Å². The van der Waals surface area contributed by atoms with Crippen LogP contribution >= 0.6 is 11.3 Å². The lowest BCUT2D eigenvalue weighted by Crippen LogP contribution is -2.20. The number of thiazole rings is 1. The van der Waals surface area contributed by atoms with Crippen molar-refractivity contribution in [2.75, 3.05) is 0 Å². The molecule has 0 fully saturated rings. The van der Waals surface area contributed by atoms with Crippen LogP contribution in [-0.2, 0) is 11.2 Å². The molecule has 1 unspecified atom stereocenters. The Kier molecular flexibility index (Phi) is 3.57. The van der Waals surface area contributed by atoms with Gasteiger partial charge in [-0.1, -0.05) is 0 Å². The summed E-state index contributed by atoms with van der Waals surface area (Å²) in [5.74, 6) is 0.171. The fraction of sp³-hybridized carbons (Fsp3) is 0.556. The summed E-state index contributed by atoms with van der Waals surface area (Å²) in [5, 5.41) is 2.84. The van der Waals surface area contributed by atoms with Crippen LogP contribution in [0, 0.1) is 6.92 Å². The highest BCUT2D eigenvalue weighted by Crippen LogP contribution is 2.10.